The zero-order chi connectivity index (χ0) is 13.1. The molecule has 0 amide bonds. The first-order valence-electron chi connectivity index (χ1n) is 5.47. The minimum atomic E-state index is -0.208. The number of aliphatic hydroxyl groups excluding tert-OH is 1. The molecule has 1 aromatic rings. The van der Waals surface area contributed by atoms with Gasteiger partial charge in [-0.1, -0.05) is 38.4 Å². The van der Waals surface area contributed by atoms with Gasteiger partial charge in [-0.3, -0.25) is 4.99 Å². The van der Waals surface area contributed by atoms with Crippen molar-refractivity contribution in [2.24, 2.45) is 10.4 Å². The smallest absolute Gasteiger partial charge is 0.142 e. The lowest BCUT2D eigenvalue weighted by Gasteiger charge is -2.25. The zero-order valence-corrected chi connectivity index (χ0v) is 11.1. The van der Waals surface area contributed by atoms with Crippen molar-refractivity contribution in [1.82, 2.24) is 0 Å². The summed E-state index contributed by atoms with van der Waals surface area (Å²) in [6.45, 7) is 5.98. The number of hydrogen-bond donors (Lipinski definition) is 2. The number of phenolic OH excluding ortho intramolecular Hbond substituents is 1. The Kier molecular flexibility index (Phi) is 4.54. The summed E-state index contributed by atoms with van der Waals surface area (Å²) >= 11 is 5.79. The fourth-order valence-corrected chi connectivity index (χ4v) is 1.53. The van der Waals surface area contributed by atoms with Gasteiger partial charge in [0.05, 0.1) is 17.7 Å². The first-order chi connectivity index (χ1) is 7.86. The molecule has 0 aromatic heterocycles. The van der Waals surface area contributed by atoms with Crippen molar-refractivity contribution in [3.63, 3.8) is 0 Å². The van der Waals surface area contributed by atoms with Crippen molar-refractivity contribution in [3.8, 4) is 5.75 Å². The molecule has 0 aliphatic heterocycles. The average molecular weight is 256 g/mol. The summed E-state index contributed by atoms with van der Waals surface area (Å²) in [6, 6.07) is 4.87. The molecule has 3 nitrogen and oxygen atoms in total. The Labute approximate surface area is 107 Å². The molecule has 0 unspecified atom stereocenters. The SMILES string of the molecule is CC(C)(C)[C@H](CO)N=Cc1cccc(Cl)c1O. The first-order valence-corrected chi connectivity index (χ1v) is 5.85. The van der Waals surface area contributed by atoms with Crippen molar-refractivity contribution in [2.45, 2.75) is 26.8 Å². The number of para-hydroxylation sites is 1. The van der Waals surface area contributed by atoms with E-state index < -0.39 is 0 Å². The van der Waals surface area contributed by atoms with Crippen LogP contribution in [0.3, 0.4) is 0 Å². The van der Waals surface area contributed by atoms with E-state index in [0.717, 1.165) is 0 Å². The highest BCUT2D eigenvalue weighted by atomic mass is 35.5. The quantitative estimate of drug-likeness (QED) is 0.816. The number of phenols is 1. The lowest BCUT2D eigenvalue weighted by molar-refractivity contribution is 0.191. The number of rotatable bonds is 3. The summed E-state index contributed by atoms with van der Waals surface area (Å²) in [6.07, 6.45) is 1.55. The summed E-state index contributed by atoms with van der Waals surface area (Å²) in [7, 11) is 0. The van der Waals surface area contributed by atoms with E-state index in [2.05, 4.69) is 4.99 Å². The monoisotopic (exact) mass is 255 g/mol. The Hall–Kier alpha value is -1.06. The highest BCUT2D eigenvalue weighted by molar-refractivity contribution is 6.32. The molecule has 0 heterocycles. The molecule has 1 rings (SSSR count). The number of aliphatic imine (C=N–C) groups is 1. The molecule has 2 N–H and O–H groups in total. The van der Waals surface area contributed by atoms with Gasteiger partial charge in [0.2, 0.25) is 0 Å². The van der Waals surface area contributed by atoms with Gasteiger partial charge in [0.15, 0.2) is 0 Å². The number of halogens is 1. The molecule has 0 saturated heterocycles. The zero-order valence-electron chi connectivity index (χ0n) is 10.3. The van der Waals surface area contributed by atoms with Crippen molar-refractivity contribution >= 4 is 17.8 Å². The molecule has 1 atom stereocenters. The van der Waals surface area contributed by atoms with Crippen molar-refractivity contribution in [1.29, 1.82) is 0 Å². The summed E-state index contributed by atoms with van der Waals surface area (Å²) in [5, 5.41) is 19.3. The standard InChI is InChI=1S/C13H18ClNO2/c1-13(2,3)11(8-16)15-7-9-5-4-6-10(14)12(9)17/h4-7,11,16-17H,8H2,1-3H3/t11-/m0/s1. The topological polar surface area (TPSA) is 52.8 Å². The minimum Gasteiger partial charge on any atom is -0.506 e. The summed E-state index contributed by atoms with van der Waals surface area (Å²) in [4.78, 5) is 4.29. The van der Waals surface area contributed by atoms with E-state index in [1.165, 1.54) is 0 Å². The summed E-state index contributed by atoms with van der Waals surface area (Å²) in [5.74, 6) is 0.0171. The molecule has 0 spiro atoms. The highest BCUT2D eigenvalue weighted by Crippen LogP contribution is 2.26. The third kappa shape index (κ3) is 3.72. The van der Waals surface area contributed by atoms with Crippen molar-refractivity contribution < 1.29 is 10.2 Å². The Balaban J connectivity index is 2.93. The van der Waals surface area contributed by atoms with Gasteiger partial charge in [-0.2, -0.15) is 0 Å². The van der Waals surface area contributed by atoms with Crippen molar-refractivity contribution in [3.05, 3.63) is 28.8 Å². The molecular weight excluding hydrogens is 238 g/mol. The van der Waals surface area contributed by atoms with Gasteiger partial charge in [-0.05, 0) is 17.5 Å². The molecule has 0 bridgehead atoms. The molecule has 94 valence electrons. The van der Waals surface area contributed by atoms with E-state index >= 15 is 0 Å². The van der Waals surface area contributed by atoms with Gasteiger partial charge < -0.3 is 10.2 Å². The number of aliphatic hydroxyl groups is 1. The van der Waals surface area contributed by atoms with E-state index in [1.54, 1.807) is 24.4 Å². The van der Waals surface area contributed by atoms with Crippen LogP contribution in [0, 0.1) is 5.41 Å². The molecule has 17 heavy (non-hydrogen) atoms. The molecule has 0 saturated carbocycles. The van der Waals surface area contributed by atoms with Crippen LogP contribution >= 0.6 is 11.6 Å². The molecule has 0 fully saturated rings. The predicted molar refractivity (Wildman–Crippen MR) is 71.0 cm³/mol. The second-order valence-electron chi connectivity index (χ2n) is 5.02. The van der Waals surface area contributed by atoms with Crippen LogP contribution in [-0.2, 0) is 0 Å². The fraction of sp³-hybridized carbons (Fsp3) is 0.462. The van der Waals surface area contributed by atoms with E-state index in [0.29, 0.717) is 10.6 Å². The van der Waals surface area contributed by atoms with Crippen LogP contribution < -0.4 is 0 Å². The molecule has 0 aliphatic carbocycles. The maximum atomic E-state index is 9.70. The lowest BCUT2D eigenvalue weighted by Crippen LogP contribution is -2.28. The largest absolute Gasteiger partial charge is 0.506 e. The summed E-state index contributed by atoms with van der Waals surface area (Å²) in [5.41, 5.74) is 0.430. The van der Waals surface area contributed by atoms with Gasteiger partial charge in [0.25, 0.3) is 0 Å². The van der Waals surface area contributed by atoms with Crippen LogP contribution in [0.25, 0.3) is 0 Å². The van der Waals surface area contributed by atoms with Gasteiger partial charge in [-0.15, -0.1) is 0 Å². The van der Waals surface area contributed by atoms with Crippen LogP contribution in [0.15, 0.2) is 23.2 Å². The second kappa shape index (κ2) is 5.52. The minimum absolute atomic E-state index is 0.0171. The number of nitrogens with zero attached hydrogens (tertiary/aromatic N) is 1. The van der Waals surface area contributed by atoms with Gasteiger partial charge >= 0.3 is 0 Å². The van der Waals surface area contributed by atoms with Gasteiger partial charge in [0.1, 0.15) is 5.75 Å². The molecular formula is C13H18ClNO2. The normalized spacial score (nSPS) is 14.2. The lowest BCUT2D eigenvalue weighted by atomic mass is 9.88. The van der Waals surface area contributed by atoms with Crippen LogP contribution in [0.2, 0.25) is 5.02 Å². The molecule has 4 heteroatoms. The highest BCUT2D eigenvalue weighted by Gasteiger charge is 2.22. The Morgan fingerprint density at radius 3 is 2.59 bits per heavy atom. The Bertz CT molecular complexity index is 410. The number of benzene rings is 1. The van der Waals surface area contributed by atoms with Crippen molar-refractivity contribution in [2.75, 3.05) is 6.61 Å². The number of aromatic hydroxyl groups is 1. The van der Waals surface area contributed by atoms with Crippen LogP contribution in [-0.4, -0.2) is 29.1 Å². The van der Waals surface area contributed by atoms with E-state index in [-0.39, 0.29) is 23.8 Å². The number of hydrogen-bond acceptors (Lipinski definition) is 3. The summed E-state index contributed by atoms with van der Waals surface area (Å²) < 4.78 is 0. The Morgan fingerprint density at radius 1 is 1.41 bits per heavy atom. The Morgan fingerprint density at radius 2 is 2.06 bits per heavy atom. The van der Waals surface area contributed by atoms with Gasteiger partial charge in [-0.25, -0.2) is 0 Å². The maximum absolute atomic E-state index is 9.70. The third-order valence-electron chi connectivity index (χ3n) is 2.58. The van der Waals surface area contributed by atoms with E-state index in [9.17, 15) is 10.2 Å². The van der Waals surface area contributed by atoms with E-state index in [1.807, 2.05) is 20.8 Å². The predicted octanol–water partition coefficient (Wildman–Crippen LogP) is 2.87. The fourth-order valence-electron chi connectivity index (χ4n) is 1.35. The van der Waals surface area contributed by atoms with Crippen LogP contribution in [0.4, 0.5) is 0 Å². The van der Waals surface area contributed by atoms with Crippen LogP contribution in [0.1, 0.15) is 26.3 Å². The van der Waals surface area contributed by atoms with Gasteiger partial charge in [0, 0.05) is 11.8 Å². The molecule has 1 aromatic carbocycles. The molecule has 0 radical (unpaired) electrons. The maximum Gasteiger partial charge on any atom is 0.142 e. The van der Waals surface area contributed by atoms with E-state index in [4.69, 9.17) is 11.6 Å². The first kappa shape index (κ1) is 14.0. The molecule has 0 aliphatic rings. The average Bonchev–Trinajstić information content (AvgIpc) is 2.23. The second-order valence-corrected chi connectivity index (χ2v) is 5.43. The third-order valence-corrected chi connectivity index (χ3v) is 2.89. The van der Waals surface area contributed by atoms with Crippen LogP contribution in [0.5, 0.6) is 5.75 Å².